The van der Waals surface area contributed by atoms with E-state index < -0.39 is 0 Å². The minimum atomic E-state index is -0.162. The Hall–Kier alpha value is -1.92. The molecule has 1 aromatic carbocycles. The molecule has 3 rings (SSSR count). The van der Waals surface area contributed by atoms with Gasteiger partial charge in [0.25, 0.3) is 0 Å². The van der Waals surface area contributed by atoms with Crippen LogP contribution >= 0.6 is 11.8 Å². The lowest BCUT2D eigenvalue weighted by atomic mass is 10.2. The van der Waals surface area contributed by atoms with Gasteiger partial charge in [0.1, 0.15) is 5.82 Å². The SMILES string of the molecule is Fc1ccccc1CSC1=NCN(Cc2cccnc2)CN1. The fourth-order valence-electron chi connectivity index (χ4n) is 2.16. The topological polar surface area (TPSA) is 40.5 Å². The zero-order valence-electron chi connectivity index (χ0n) is 12.1. The van der Waals surface area contributed by atoms with Crippen LogP contribution < -0.4 is 5.32 Å². The third-order valence-electron chi connectivity index (χ3n) is 3.32. The number of halogens is 1. The van der Waals surface area contributed by atoms with E-state index in [1.807, 2.05) is 18.3 Å². The van der Waals surface area contributed by atoms with E-state index in [4.69, 9.17) is 0 Å². The van der Waals surface area contributed by atoms with Crippen LogP contribution in [0.2, 0.25) is 0 Å². The zero-order valence-corrected chi connectivity index (χ0v) is 12.9. The lowest BCUT2D eigenvalue weighted by Gasteiger charge is -2.26. The Morgan fingerprint density at radius 2 is 2.14 bits per heavy atom. The molecule has 0 radical (unpaired) electrons. The van der Waals surface area contributed by atoms with Gasteiger partial charge in [-0.15, -0.1) is 0 Å². The van der Waals surface area contributed by atoms with Crippen LogP contribution in [0.1, 0.15) is 11.1 Å². The van der Waals surface area contributed by atoms with E-state index in [1.165, 1.54) is 23.4 Å². The summed E-state index contributed by atoms with van der Waals surface area (Å²) < 4.78 is 13.6. The molecule has 0 saturated carbocycles. The normalized spacial score (nSPS) is 15.2. The first-order valence-corrected chi connectivity index (χ1v) is 8.05. The molecule has 0 unspecified atom stereocenters. The molecule has 4 nitrogen and oxygen atoms in total. The molecular formula is C16H17FN4S. The molecule has 0 amide bonds. The summed E-state index contributed by atoms with van der Waals surface area (Å²) in [5.74, 6) is 0.422. The van der Waals surface area contributed by atoms with Crippen molar-refractivity contribution in [3.05, 3.63) is 65.7 Å². The van der Waals surface area contributed by atoms with Crippen LogP contribution in [0.25, 0.3) is 0 Å². The van der Waals surface area contributed by atoms with Crippen molar-refractivity contribution in [1.29, 1.82) is 0 Å². The van der Waals surface area contributed by atoms with Gasteiger partial charge >= 0.3 is 0 Å². The van der Waals surface area contributed by atoms with Gasteiger partial charge in [-0.25, -0.2) is 9.38 Å². The number of rotatable bonds is 4. The molecule has 0 bridgehead atoms. The lowest BCUT2D eigenvalue weighted by Crippen LogP contribution is -2.41. The maximum absolute atomic E-state index is 13.6. The highest BCUT2D eigenvalue weighted by atomic mass is 32.2. The summed E-state index contributed by atoms with van der Waals surface area (Å²) in [5.41, 5.74) is 1.87. The minimum absolute atomic E-state index is 0.162. The molecule has 114 valence electrons. The summed E-state index contributed by atoms with van der Waals surface area (Å²) in [6.07, 6.45) is 3.64. The number of pyridine rings is 1. The highest BCUT2D eigenvalue weighted by Crippen LogP contribution is 2.17. The van der Waals surface area contributed by atoms with Crippen LogP contribution in [0.15, 0.2) is 53.8 Å². The van der Waals surface area contributed by atoms with Crippen molar-refractivity contribution in [2.24, 2.45) is 4.99 Å². The summed E-state index contributed by atoms with van der Waals surface area (Å²) >= 11 is 1.53. The second-order valence-corrected chi connectivity index (χ2v) is 5.97. The van der Waals surface area contributed by atoms with Crippen molar-refractivity contribution in [1.82, 2.24) is 15.2 Å². The Balaban J connectivity index is 1.50. The van der Waals surface area contributed by atoms with Crippen LogP contribution in [-0.2, 0) is 12.3 Å². The molecule has 1 aliphatic rings. The van der Waals surface area contributed by atoms with Crippen LogP contribution in [0.3, 0.4) is 0 Å². The Labute approximate surface area is 133 Å². The first kappa shape index (κ1) is 15.0. The molecule has 1 aromatic heterocycles. The van der Waals surface area contributed by atoms with E-state index >= 15 is 0 Å². The molecule has 2 heterocycles. The quantitative estimate of drug-likeness (QED) is 0.942. The number of nitrogens with one attached hydrogen (secondary N) is 1. The number of aromatic nitrogens is 1. The van der Waals surface area contributed by atoms with Crippen LogP contribution in [0.4, 0.5) is 4.39 Å². The maximum atomic E-state index is 13.6. The Kier molecular flexibility index (Phi) is 5.03. The van der Waals surface area contributed by atoms with Crippen LogP contribution in [-0.4, -0.2) is 28.4 Å². The van der Waals surface area contributed by atoms with E-state index in [0.29, 0.717) is 18.0 Å². The average Bonchev–Trinajstić information content (AvgIpc) is 2.56. The van der Waals surface area contributed by atoms with Gasteiger partial charge in [0.05, 0.1) is 13.3 Å². The zero-order chi connectivity index (χ0) is 15.2. The fourth-order valence-corrected chi connectivity index (χ4v) is 3.01. The van der Waals surface area contributed by atoms with Crippen molar-refractivity contribution in [2.75, 3.05) is 13.3 Å². The summed E-state index contributed by atoms with van der Waals surface area (Å²) in [4.78, 5) is 10.8. The van der Waals surface area contributed by atoms with Crippen molar-refractivity contribution in [2.45, 2.75) is 12.3 Å². The van der Waals surface area contributed by atoms with Crippen molar-refractivity contribution in [3.8, 4) is 0 Å². The van der Waals surface area contributed by atoms with E-state index in [0.717, 1.165) is 18.4 Å². The Bertz CT molecular complexity index is 648. The van der Waals surface area contributed by atoms with Crippen molar-refractivity contribution >= 4 is 16.9 Å². The van der Waals surface area contributed by atoms with Gasteiger partial charge in [-0.2, -0.15) is 0 Å². The predicted molar refractivity (Wildman–Crippen MR) is 87.8 cm³/mol. The molecule has 2 aromatic rings. The highest BCUT2D eigenvalue weighted by Gasteiger charge is 2.13. The van der Waals surface area contributed by atoms with Crippen LogP contribution in [0.5, 0.6) is 0 Å². The Morgan fingerprint density at radius 3 is 2.86 bits per heavy atom. The maximum Gasteiger partial charge on any atom is 0.159 e. The predicted octanol–water partition coefficient (Wildman–Crippen LogP) is 2.83. The summed E-state index contributed by atoms with van der Waals surface area (Å²) in [7, 11) is 0. The number of thioether (sulfide) groups is 1. The number of amidine groups is 1. The largest absolute Gasteiger partial charge is 0.352 e. The van der Waals surface area contributed by atoms with E-state index in [-0.39, 0.29) is 5.82 Å². The first-order chi connectivity index (χ1) is 10.8. The summed E-state index contributed by atoms with van der Waals surface area (Å²) in [6, 6.07) is 10.8. The molecule has 6 heteroatoms. The second kappa shape index (κ2) is 7.38. The monoisotopic (exact) mass is 316 g/mol. The van der Waals surface area contributed by atoms with Gasteiger partial charge < -0.3 is 5.32 Å². The highest BCUT2D eigenvalue weighted by molar-refractivity contribution is 8.13. The number of hydrogen-bond donors (Lipinski definition) is 1. The van der Waals surface area contributed by atoms with Gasteiger partial charge in [-0.05, 0) is 23.3 Å². The number of hydrogen-bond acceptors (Lipinski definition) is 5. The summed E-state index contributed by atoms with van der Waals surface area (Å²) in [6.45, 7) is 2.19. The van der Waals surface area contributed by atoms with Crippen molar-refractivity contribution in [3.63, 3.8) is 0 Å². The third-order valence-corrected chi connectivity index (χ3v) is 4.32. The molecular weight excluding hydrogens is 299 g/mol. The lowest BCUT2D eigenvalue weighted by molar-refractivity contribution is 0.258. The molecule has 1 N–H and O–H groups in total. The number of nitrogens with zero attached hydrogens (tertiary/aromatic N) is 3. The molecule has 1 aliphatic heterocycles. The standard InChI is InChI=1S/C16H17FN4S/c17-15-6-2-1-5-14(15)10-22-16-19-11-21(12-20-16)9-13-4-3-7-18-8-13/h1-8H,9-12H2,(H,19,20). The number of benzene rings is 1. The minimum Gasteiger partial charge on any atom is -0.352 e. The van der Waals surface area contributed by atoms with Crippen molar-refractivity contribution < 1.29 is 4.39 Å². The molecule has 0 spiro atoms. The molecule has 0 saturated heterocycles. The number of aliphatic imine (C=N–C) groups is 1. The summed E-state index contributed by atoms with van der Waals surface area (Å²) in [5, 5.41) is 4.14. The molecule has 0 aliphatic carbocycles. The van der Waals surface area contributed by atoms with Gasteiger partial charge in [0.15, 0.2) is 5.17 Å². The van der Waals surface area contributed by atoms with E-state index in [9.17, 15) is 4.39 Å². The van der Waals surface area contributed by atoms with E-state index in [2.05, 4.69) is 26.3 Å². The van der Waals surface area contributed by atoms with Gasteiger partial charge in [0.2, 0.25) is 0 Å². The smallest absolute Gasteiger partial charge is 0.159 e. The van der Waals surface area contributed by atoms with Crippen LogP contribution in [0, 0.1) is 5.82 Å². The molecule has 0 atom stereocenters. The second-order valence-electron chi connectivity index (χ2n) is 5.01. The van der Waals surface area contributed by atoms with E-state index in [1.54, 1.807) is 18.3 Å². The Morgan fingerprint density at radius 1 is 1.23 bits per heavy atom. The first-order valence-electron chi connectivity index (χ1n) is 7.07. The molecule has 22 heavy (non-hydrogen) atoms. The van der Waals surface area contributed by atoms with Gasteiger partial charge in [-0.1, -0.05) is 36.0 Å². The van der Waals surface area contributed by atoms with Gasteiger partial charge in [0, 0.05) is 24.7 Å². The fraction of sp³-hybridized carbons (Fsp3) is 0.250. The molecule has 0 fully saturated rings. The third kappa shape index (κ3) is 4.05. The average molecular weight is 316 g/mol. The van der Waals surface area contributed by atoms with Gasteiger partial charge in [-0.3, -0.25) is 9.88 Å².